The maximum atomic E-state index is 12.9. The summed E-state index contributed by atoms with van der Waals surface area (Å²) in [5.41, 5.74) is -0.990. The van der Waals surface area contributed by atoms with Crippen molar-refractivity contribution in [1.29, 1.82) is 0 Å². The fraction of sp³-hybridized carbons (Fsp3) is 0.176. The minimum atomic E-state index is -4.62. The molecule has 0 unspecified atom stereocenters. The molecule has 0 aliphatic rings. The van der Waals surface area contributed by atoms with E-state index in [9.17, 15) is 26.4 Å². The summed E-state index contributed by atoms with van der Waals surface area (Å²) in [5.74, 6) is -0.757. The van der Waals surface area contributed by atoms with Crippen LogP contribution >= 0.6 is 23.2 Å². The molecule has 0 spiro atoms. The Bertz CT molecular complexity index is 1240. The van der Waals surface area contributed by atoms with Gasteiger partial charge in [0.15, 0.2) is 5.65 Å². The van der Waals surface area contributed by atoms with Crippen LogP contribution < -0.4 is 9.46 Å². The number of methoxy groups -OCH3 is 1. The first-order valence-electron chi connectivity index (χ1n) is 8.04. The Hall–Kier alpha value is -2.50. The first-order valence-corrected chi connectivity index (χ1v) is 10.3. The van der Waals surface area contributed by atoms with Gasteiger partial charge in [-0.05, 0) is 18.2 Å². The van der Waals surface area contributed by atoms with E-state index in [2.05, 4.69) is 4.98 Å². The number of fused-ring (bicyclic) bond motifs is 1. The Morgan fingerprint density at radius 1 is 1.20 bits per heavy atom. The highest BCUT2D eigenvalue weighted by Gasteiger charge is 2.32. The van der Waals surface area contributed by atoms with Crippen molar-refractivity contribution in [3.63, 3.8) is 0 Å². The topological polar surface area (TPSA) is 89.8 Å². The second kappa shape index (κ2) is 7.97. The fourth-order valence-corrected chi connectivity index (χ4v) is 4.33. The highest BCUT2D eigenvalue weighted by Crippen LogP contribution is 2.32. The molecule has 0 bridgehead atoms. The van der Waals surface area contributed by atoms with Gasteiger partial charge in [0, 0.05) is 18.5 Å². The lowest BCUT2D eigenvalue weighted by molar-refractivity contribution is -0.137. The van der Waals surface area contributed by atoms with Crippen molar-refractivity contribution < 1.29 is 31.1 Å². The number of nitrogens with one attached hydrogen (secondary N) is 1. The maximum Gasteiger partial charge on any atom is 0.417 e. The molecule has 30 heavy (non-hydrogen) atoms. The molecular formula is C17H12Cl2F3N3O4S. The molecular weight excluding hydrogens is 470 g/mol. The Kier molecular flexibility index (Phi) is 5.89. The number of hydrogen-bond acceptors (Lipinski definition) is 5. The molecule has 1 N–H and O–H groups in total. The third-order valence-electron chi connectivity index (χ3n) is 3.90. The summed E-state index contributed by atoms with van der Waals surface area (Å²) in [6.07, 6.45) is -3.23. The zero-order valence-corrected chi connectivity index (χ0v) is 17.3. The highest BCUT2D eigenvalue weighted by atomic mass is 35.5. The first kappa shape index (κ1) is 22.2. The summed E-state index contributed by atoms with van der Waals surface area (Å²) < 4.78 is 71.4. The number of hydrogen-bond donors (Lipinski definition) is 1. The molecule has 3 rings (SSSR count). The monoisotopic (exact) mass is 481 g/mol. The standard InChI is InChI=1S/C17H12Cl2F3N3O4S/c1-29-11-2-3-12(18)14(6-11)30(27,28)24-15(26)5-10-8-25-7-9(17(20,21)22)4-13(19)16(25)23-10/h2-4,6-8H,5H2,1H3,(H,24,26). The third kappa shape index (κ3) is 4.63. The average Bonchev–Trinajstić information content (AvgIpc) is 3.03. The average molecular weight is 482 g/mol. The van der Waals surface area contributed by atoms with Gasteiger partial charge in [-0.3, -0.25) is 4.79 Å². The third-order valence-corrected chi connectivity index (χ3v) is 6.03. The molecule has 0 fully saturated rings. The number of carbonyl (C=O) groups excluding carboxylic acids is 1. The predicted molar refractivity (Wildman–Crippen MR) is 102 cm³/mol. The number of imidazole rings is 1. The predicted octanol–water partition coefficient (Wildman–Crippen LogP) is 3.72. The molecule has 2 heterocycles. The first-order chi connectivity index (χ1) is 13.9. The van der Waals surface area contributed by atoms with Gasteiger partial charge in [-0.25, -0.2) is 18.1 Å². The number of rotatable bonds is 5. The lowest BCUT2D eigenvalue weighted by atomic mass is 10.3. The van der Waals surface area contributed by atoms with Crippen molar-refractivity contribution in [2.45, 2.75) is 17.5 Å². The largest absolute Gasteiger partial charge is 0.497 e. The summed E-state index contributed by atoms with van der Waals surface area (Å²) >= 11 is 11.7. The second-order valence-corrected chi connectivity index (χ2v) is 8.50. The van der Waals surface area contributed by atoms with Crippen LogP contribution in [0.2, 0.25) is 10.0 Å². The van der Waals surface area contributed by atoms with Crippen LogP contribution in [0.1, 0.15) is 11.3 Å². The lowest BCUT2D eigenvalue weighted by Crippen LogP contribution is -2.32. The van der Waals surface area contributed by atoms with Crippen molar-refractivity contribution in [2.24, 2.45) is 0 Å². The van der Waals surface area contributed by atoms with Crippen LogP contribution in [0.3, 0.4) is 0 Å². The minimum Gasteiger partial charge on any atom is -0.497 e. The summed E-state index contributed by atoms with van der Waals surface area (Å²) in [6, 6.07) is 4.59. The van der Waals surface area contributed by atoms with Gasteiger partial charge in [0.05, 0.1) is 34.8 Å². The van der Waals surface area contributed by atoms with Gasteiger partial charge in [0.1, 0.15) is 10.6 Å². The SMILES string of the molecule is COc1ccc(Cl)c(S(=O)(=O)NC(=O)Cc2cn3cc(C(F)(F)F)cc(Cl)c3n2)c1. The highest BCUT2D eigenvalue weighted by molar-refractivity contribution is 7.90. The van der Waals surface area contributed by atoms with E-state index in [1.165, 1.54) is 19.2 Å². The quantitative estimate of drug-likeness (QED) is 0.599. The van der Waals surface area contributed by atoms with Gasteiger partial charge in [0.25, 0.3) is 10.0 Å². The van der Waals surface area contributed by atoms with Gasteiger partial charge in [-0.15, -0.1) is 0 Å². The Labute approximate surface area is 178 Å². The van der Waals surface area contributed by atoms with E-state index in [0.29, 0.717) is 6.07 Å². The van der Waals surface area contributed by atoms with E-state index < -0.39 is 34.1 Å². The summed E-state index contributed by atoms with van der Waals surface area (Å²) in [5, 5.41) is -0.400. The number of aromatic nitrogens is 2. The number of sulfonamides is 1. The van der Waals surface area contributed by atoms with Crippen LogP contribution in [0.25, 0.3) is 5.65 Å². The van der Waals surface area contributed by atoms with E-state index in [1.54, 1.807) is 0 Å². The second-order valence-electron chi connectivity index (χ2n) is 6.04. The molecule has 2 aromatic heterocycles. The number of pyridine rings is 1. The molecule has 160 valence electrons. The van der Waals surface area contributed by atoms with E-state index in [1.807, 2.05) is 4.72 Å². The van der Waals surface area contributed by atoms with Crippen molar-refractivity contribution in [3.05, 3.63) is 58.0 Å². The molecule has 0 saturated heterocycles. The molecule has 1 amide bonds. The maximum absolute atomic E-state index is 12.9. The van der Waals surface area contributed by atoms with Crippen LogP contribution in [-0.2, 0) is 27.4 Å². The van der Waals surface area contributed by atoms with E-state index in [-0.39, 0.29) is 32.0 Å². The van der Waals surface area contributed by atoms with Gasteiger partial charge in [-0.1, -0.05) is 23.2 Å². The normalized spacial score (nSPS) is 12.2. The van der Waals surface area contributed by atoms with E-state index in [4.69, 9.17) is 27.9 Å². The van der Waals surface area contributed by atoms with Crippen molar-refractivity contribution in [1.82, 2.24) is 14.1 Å². The molecule has 0 radical (unpaired) electrons. The number of amides is 1. The molecule has 3 aromatic rings. The van der Waals surface area contributed by atoms with Crippen molar-refractivity contribution in [2.75, 3.05) is 7.11 Å². The summed E-state index contributed by atoms with van der Waals surface area (Å²) in [6.45, 7) is 0. The number of benzene rings is 1. The molecule has 13 heteroatoms. The van der Waals surface area contributed by atoms with E-state index >= 15 is 0 Å². The Morgan fingerprint density at radius 3 is 2.53 bits per heavy atom. The molecule has 0 saturated carbocycles. The van der Waals surface area contributed by atoms with E-state index in [0.717, 1.165) is 22.9 Å². The molecule has 0 aliphatic carbocycles. The molecule has 7 nitrogen and oxygen atoms in total. The van der Waals surface area contributed by atoms with Gasteiger partial charge in [0.2, 0.25) is 5.91 Å². The Balaban J connectivity index is 1.84. The molecule has 0 atom stereocenters. The zero-order valence-electron chi connectivity index (χ0n) is 15.0. The van der Waals surface area contributed by atoms with Crippen molar-refractivity contribution >= 4 is 44.8 Å². The van der Waals surface area contributed by atoms with Crippen LogP contribution in [0.15, 0.2) is 41.6 Å². The van der Waals surface area contributed by atoms with Crippen LogP contribution in [-0.4, -0.2) is 30.8 Å². The summed E-state index contributed by atoms with van der Waals surface area (Å²) in [7, 11) is -3.00. The zero-order chi connectivity index (χ0) is 22.3. The number of ether oxygens (including phenoxy) is 1. The molecule has 0 aliphatic heterocycles. The van der Waals surface area contributed by atoms with Crippen molar-refractivity contribution in [3.8, 4) is 5.75 Å². The van der Waals surface area contributed by atoms with Crippen LogP contribution in [0.5, 0.6) is 5.75 Å². The van der Waals surface area contributed by atoms with Gasteiger partial charge >= 0.3 is 6.18 Å². The van der Waals surface area contributed by atoms with Gasteiger partial charge in [-0.2, -0.15) is 13.2 Å². The fourth-order valence-electron chi connectivity index (χ4n) is 2.57. The van der Waals surface area contributed by atoms with Crippen LogP contribution in [0, 0.1) is 0 Å². The number of nitrogens with zero attached hydrogens (tertiary/aromatic N) is 2. The van der Waals surface area contributed by atoms with Crippen LogP contribution in [0.4, 0.5) is 13.2 Å². The smallest absolute Gasteiger partial charge is 0.417 e. The minimum absolute atomic E-state index is 0.00818. The Morgan fingerprint density at radius 2 is 1.90 bits per heavy atom. The lowest BCUT2D eigenvalue weighted by Gasteiger charge is -2.09. The number of carbonyl (C=O) groups is 1. The number of halogens is 5. The van der Waals surface area contributed by atoms with Gasteiger partial charge < -0.3 is 9.14 Å². The number of alkyl halides is 3. The summed E-state index contributed by atoms with van der Waals surface area (Å²) in [4.78, 5) is 15.8. The molecule has 1 aromatic carbocycles.